The highest BCUT2D eigenvalue weighted by molar-refractivity contribution is 8.03. The third-order valence-electron chi connectivity index (χ3n) is 5.61. The van der Waals surface area contributed by atoms with Crippen LogP contribution in [0.3, 0.4) is 0 Å². The van der Waals surface area contributed by atoms with Gasteiger partial charge in [0.1, 0.15) is 5.50 Å². The molecule has 3 aliphatic rings. The number of thioether (sulfide) groups is 1. The van der Waals surface area contributed by atoms with Crippen LogP contribution in [0.2, 0.25) is 0 Å². The van der Waals surface area contributed by atoms with Crippen LogP contribution in [0.15, 0.2) is 60.1 Å². The van der Waals surface area contributed by atoms with Crippen molar-refractivity contribution in [1.82, 2.24) is 9.80 Å². The van der Waals surface area contributed by atoms with Crippen LogP contribution in [0.1, 0.15) is 5.56 Å². The Morgan fingerprint density at radius 2 is 1.87 bits per heavy atom. The number of carbonyl (C=O) groups is 2. The SMILES string of the molecule is O=C1Cc2cc(NC(=O)N3CCN(C4SC=CN4c4ccccc4)CC3)ccc2N1. The van der Waals surface area contributed by atoms with Crippen LogP contribution >= 0.6 is 11.8 Å². The van der Waals surface area contributed by atoms with Gasteiger partial charge in [-0.05, 0) is 41.3 Å². The Morgan fingerprint density at radius 1 is 1.07 bits per heavy atom. The van der Waals surface area contributed by atoms with Crippen molar-refractivity contribution in [3.63, 3.8) is 0 Å². The molecule has 3 heterocycles. The third kappa shape index (κ3) is 3.76. The highest BCUT2D eigenvalue weighted by atomic mass is 32.2. The normalized spacial score (nSPS) is 20.9. The Kier molecular flexibility index (Phi) is 5.10. The average Bonchev–Trinajstić information content (AvgIpc) is 3.40. The molecule has 3 aliphatic heterocycles. The lowest BCUT2D eigenvalue weighted by Crippen LogP contribution is -2.54. The van der Waals surface area contributed by atoms with Crippen LogP contribution in [0.25, 0.3) is 0 Å². The Bertz CT molecular complexity index is 988. The lowest BCUT2D eigenvalue weighted by molar-refractivity contribution is -0.115. The van der Waals surface area contributed by atoms with E-state index in [0.717, 1.165) is 30.0 Å². The number of fused-ring (bicyclic) bond motifs is 1. The molecule has 7 nitrogen and oxygen atoms in total. The molecule has 1 saturated heterocycles. The van der Waals surface area contributed by atoms with E-state index < -0.39 is 0 Å². The quantitative estimate of drug-likeness (QED) is 0.796. The second kappa shape index (κ2) is 8.04. The van der Waals surface area contributed by atoms with Crippen molar-refractivity contribution in [1.29, 1.82) is 0 Å². The molecule has 0 bridgehead atoms. The van der Waals surface area contributed by atoms with Gasteiger partial charge in [-0.15, -0.1) is 0 Å². The molecule has 154 valence electrons. The molecule has 0 aromatic heterocycles. The minimum absolute atomic E-state index is 0.00610. The first-order valence-corrected chi connectivity index (χ1v) is 11.0. The second-order valence-corrected chi connectivity index (χ2v) is 8.51. The summed E-state index contributed by atoms with van der Waals surface area (Å²) < 4.78 is 0. The summed E-state index contributed by atoms with van der Waals surface area (Å²) in [5.74, 6) is -0.00610. The molecular formula is C22H23N5O2S. The standard InChI is InChI=1S/C22H23N5O2S/c28-20-15-16-14-17(6-7-19(16)24-20)23-21(29)25-8-10-26(11-9-25)22-27(12-13-30-22)18-4-2-1-3-5-18/h1-7,12-14,22H,8-11,15H2,(H,23,29)(H,24,28). The Hall–Kier alpha value is -2.97. The summed E-state index contributed by atoms with van der Waals surface area (Å²) in [6, 6.07) is 15.8. The van der Waals surface area contributed by atoms with Crippen LogP contribution in [-0.2, 0) is 11.2 Å². The second-order valence-electron chi connectivity index (χ2n) is 7.54. The van der Waals surface area contributed by atoms with Gasteiger partial charge in [-0.25, -0.2) is 4.79 Å². The van der Waals surface area contributed by atoms with E-state index in [1.807, 2.05) is 29.2 Å². The third-order valence-corrected chi connectivity index (χ3v) is 6.66. The largest absolute Gasteiger partial charge is 0.326 e. The Morgan fingerprint density at radius 3 is 2.67 bits per heavy atom. The maximum Gasteiger partial charge on any atom is 0.321 e. The number of para-hydroxylation sites is 1. The van der Waals surface area contributed by atoms with Gasteiger partial charge in [-0.1, -0.05) is 30.0 Å². The number of hydrogen-bond acceptors (Lipinski definition) is 5. The van der Waals surface area contributed by atoms with Gasteiger partial charge in [0, 0.05) is 49.4 Å². The number of amides is 3. The fourth-order valence-electron chi connectivity index (χ4n) is 4.04. The highest BCUT2D eigenvalue weighted by Crippen LogP contribution is 2.33. The van der Waals surface area contributed by atoms with Crippen molar-refractivity contribution in [3.05, 3.63) is 65.7 Å². The molecule has 1 unspecified atom stereocenters. The summed E-state index contributed by atoms with van der Waals surface area (Å²) in [6.07, 6.45) is 2.49. The predicted molar refractivity (Wildman–Crippen MR) is 120 cm³/mol. The predicted octanol–water partition coefficient (Wildman–Crippen LogP) is 3.34. The lowest BCUT2D eigenvalue weighted by atomic mass is 10.1. The molecular weight excluding hydrogens is 398 g/mol. The molecule has 0 saturated carbocycles. The van der Waals surface area contributed by atoms with E-state index in [0.29, 0.717) is 19.5 Å². The molecule has 1 fully saturated rings. The number of piperazine rings is 1. The average molecular weight is 422 g/mol. The van der Waals surface area contributed by atoms with Crippen molar-refractivity contribution in [2.45, 2.75) is 11.9 Å². The number of nitrogens with zero attached hydrogens (tertiary/aromatic N) is 3. The minimum Gasteiger partial charge on any atom is -0.326 e. The number of urea groups is 1. The number of nitrogens with one attached hydrogen (secondary N) is 2. The van der Waals surface area contributed by atoms with E-state index in [9.17, 15) is 9.59 Å². The van der Waals surface area contributed by atoms with Crippen LogP contribution in [-0.4, -0.2) is 53.4 Å². The first kappa shape index (κ1) is 19.0. The topological polar surface area (TPSA) is 67.9 Å². The summed E-state index contributed by atoms with van der Waals surface area (Å²) in [5.41, 5.74) is 3.88. The number of hydrogen-bond donors (Lipinski definition) is 2. The molecule has 1 atom stereocenters. The van der Waals surface area contributed by atoms with E-state index in [4.69, 9.17) is 0 Å². The van der Waals surface area contributed by atoms with Crippen molar-refractivity contribution < 1.29 is 9.59 Å². The number of benzene rings is 2. The number of anilines is 3. The van der Waals surface area contributed by atoms with Crippen molar-refractivity contribution >= 4 is 40.8 Å². The number of rotatable bonds is 3. The van der Waals surface area contributed by atoms with Gasteiger partial charge < -0.3 is 20.4 Å². The van der Waals surface area contributed by atoms with Gasteiger partial charge in [0.15, 0.2) is 0 Å². The molecule has 2 aromatic carbocycles. The maximum absolute atomic E-state index is 12.7. The molecule has 30 heavy (non-hydrogen) atoms. The van der Waals surface area contributed by atoms with Gasteiger partial charge in [0.25, 0.3) is 0 Å². The lowest BCUT2D eigenvalue weighted by Gasteiger charge is -2.40. The van der Waals surface area contributed by atoms with Crippen LogP contribution in [0.4, 0.5) is 21.9 Å². The summed E-state index contributed by atoms with van der Waals surface area (Å²) in [4.78, 5) is 30.8. The molecule has 3 amide bonds. The fraction of sp³-hybridized carbons (Fsp3) is 0.273. The van der Waals surface area contributed by atoms with Gasteiger partial charge in [-0.3, -0.25) is 9.69 Å². The van der Waals surface area contributed by atoms with Gasteiger partial charge >= 0.3 is 6.03 Å². The van der Waals surface area contributed by atoms with Gasteiger partial charge in [0.05, 0.1) is 6.42 Å². The van der Waals surface area contributed by atoms with E-state index in [2.05, 4.69) is 56.3 Å². The van der Waals surface area contributed by atoms with Crippen LogP contribution < -0.4 is 15.5 Å². The maximum atomic E-state index is 12.7. The van der Waals surface area contributed by atoms with Crippen molar-refractivity contribution in [3.8, 4) is 0 Å². The first-order valence-electron chi connectivity index (χ1n) is 10.1. The molecule has 0 radical (unpaired) electrons. The van der Waals surface area contributed by atoms with E-state index in [1.54, 1.807) is 11.8 Å². The zero-order valence-corrected chi connectivity index (χ0v) is 17.3. The molecule has 2 N–H and O–H groups in total. The first-order chi connectivity index (χ1) is 14.7. The molecule has 0 spiro atoms. The summed E-state index contributed by atoms with van der Waals surface area (Å²) >= 11 is 1.79. The van der Waals surface area contributed by atoms with Crippen molar-refractivity contribution in [2.75, 3.05) is 41.7 Å². The van der Waals surface area contributed by atoms with E-state index in [-0.39, 0.29) is 17.4 Å². The van der Waals surface area contributed by atoms with E-state index in [1.165, 1.54) is 5.69 Å². The highest BCUT2D eigenvalue weighted by Gasteiger charge is 2.31. The summed E-state index contributed by atoms with van der Waals surface area (Å²) in [7, 11) is 0. The summed E-state index contributed by atoms with van der Waals surface area (Å²) in [6.45, 7) is 2.99. The summed E-state index contributed by atoms with van der Waals surface area (Å²) in [5, 5.41) is 7.92. The molecule has 5 rings (SSSR count). The molecule has 2 aromatic rings. The van der Waals surface area contributed by atoms with E-state index >= 15 is 0 Å². The Labute approximate surface area is 179 Å². The van der Waals surface area contributed by atoms with Crippen LogP contribution in [0, 0.1) is 0 Å². The molecule has 8 heteroatoms. The number of carbonyl (C=O) groups excluding carboxylic acids is 2. The fourth-order valence-corrected chi connectivity index (χ4v) is 5.09. The van der Waals surface area contributed by atoms with Gasteiger partial charge in [-0.2, -0.15) is 0 Å². The minimum atomic E-state index is -0.0935. The zero-order chi connectivity index (χ0) is 20.5. The monoisotopic (exact) mass is 421 g/mol. The smallest absolute Gasteiger partial charge is 0.321 e. The van der Waals surface area contributed by atoms with Gasteiger partial charge in [0.2, 0.25) is 5.91 Å². The van der Waals surface area contributed by atoms with Crippen molar-refractivity contribution in [2.24, 2.45) is 0 Å². The molecule has 0 aliphatic carbocycles. The Balaban J connectivity index is 1.18. The van der Waals surface area contributed by atoms with Crippen LogP contribution in [0.5, 0.6) is 0 Å². The zero-order valence-electron chi connectivity index (χ0n) is 16.5.